The fraction of sp³-hybridized carbons (Fsp3) is 0.333. The van der Waals surface area contributed by atoms with Crippen molar-refractivity contribution in [1.29, 1.82) is 0 Å². The molecule has 0 fully saturated rings. The molecule has 0 saturated carbocycles. The van der Waals surface area contributed by atoms with Crippen molar-refractivity contribution in [3.8, 4) is 0 Å². The van der Waals surface area contributed by atoms with Gasteiger partial charge in [0.15, 0.2) is 0 Å². The maximum atomic E-state index is 10.8. The lowest BCUT2D eigenvalue weighted by Gasteiger charge is -2.17. The van der Waals surface area contributed by atoms with E-state index in [2.05, 4.69) is 0 Å². The van der Waals surface area contributed by atoms with Gasteiger partial charge < -0.3 is 10.0 Å². The molecule has 0 heterocycles. The number of aliphatic carboxylic acids is 1. The van der Waals surface area contributed by atoms with Gasteiger partial charge in [0.25, 0.3) is 0 Å². The highest BCUT2D eigenvalue weighted by molar-refractivity contribution is 5.77. The van der Waals surface area contributed by atoms with Crippen LogP contribution < -0.4 is 4.90 Å². The Balaban J connectivity index is 2.82. The first kappa shape index (κ1) is 12.2. The Morgan fingerprint density at radius 1 is 1.38 bits per heavy atom. The lowest BCUT2D eigenvalue weighted by Crippen LogP contribution is -2.24. The fourth-order valence-corrected chi connectivity index (χ4v) is 1.36. The highest BCUT2D eigenvalue weighted by Gasteiger charge is 2.08. The van der Waals surface area contributed by atoms with Crippen LogP contribution in [0.1, 0.15) is 17.5 Å². The number of amides is 1. The van der Waals surface area contributed by atoms with E-state index in [9.17, 15) is 9.59 Å². The molecule has 0 spiro atoms. The molecule has 1 aromatic rings. The first-order valence-electron chi connectivity index (χ1n) is 5.05. The van der Waals surface area contributed by atoms with Crippen molar-refractivity contribution >= 4 is 18.1 Å². The second kappa shape index (κ2) is 5.30. The molecule has 1 amide bonds. The van der Waals surface area contributed by atoms with Gasteiger partial charge in [0, 0.05) is 12.2 Å². The molecule has 0 aliphatic heterocycles. The highest BCUT2D eigenvalue weighted by Crippen LogP contribution is 2.17. The summed E-state index contributed by atoms with van der Waals surface area (Å²) < 4.78 is 0. The van der Waals surface area contributed by atoms with Crippen LogP contribution in [0.5, 0.6) is 0 Å². The van der Waals surface area contributed by atoms with E-state index < -0.39 is 5.97 Å². The number of hydrogen-bond acceptors (Lipinski definition) is 2. The van der Waals surface area contributed by atoms with E-state index in [-0.39, 0.29) is 13.0 Å². The van der Waals surface area contributed by atoms with Crippen LogP contribution in [-0.4, -0.2) is 24.0 Å². The Hall–Kier alpha value is -1.84. The summed E-state index contributed by atoms with van der Waals surface area (Å²) in [6.45, 7) is 4.14. The lowest BCUT2D eigenvalue weighted by molar-refractivity contribution is -0.136. The summed E-state index contributed by atoms with van der Waals surface area (Å²) in [7, 11) is 0. The van der Waals surface area contributed by atoms with Gasteiger partial charge in [-0.15, -0.1) is 0 Å². The summed E-state index contributed by atoms with van der Waals surface area (Å²) in [5.41, 5.74) is 2.96. The molecule has 0 aromatic heterocycles. The van der Waals surface area contributed by atoms with Crippen molar-refractivity contribution in [2.24, 2.45) is 0 Å². The number of carbonyl (C=O) groups excluding carboxylic acids is 1. The molecule has 1 aromatic carbocycles. The monoisotopic (exact) mass is 221 g/mol. The van der Waals surface area contributed by atoms with E-state index in [1.165, 1.54) is 4.90 Å². The zero-order valence-electron chi connectivity index (χ0n) is 9.43. The van der Waals surface area contributed by atoms with Gasteiger partial charge in [-0.2, -0.15) is 0 Å². The minimum atomic E-state index is -0.907. The average molecular weight is 221 g/mol. The summed E-state index contributed by atoms with van der Waals surface area (Å²) in [5, 5.41) is 8.56. The van der Waals surface area contributed by atoms with Crippen molar-refractivity contribution in [3.05, 3.63) is 29.3 Å². The van der Waals surface area contributed by atoms with Crippen LogP contribution in [0.2, 0.25) is 0 Å². The van der Waals surface area contributed by atoms with Crippen LogP contribution in [0.15, 0.2) is 18.2 Å². The minimum Gasteiger partial charge on any atom is -0.481 e. The van der Waals surface area contributed by atoms with Gasteiger partial charge in [-0.25, -0.2) is 0 Å². The molecule has 4 nitrogen and oxygen atoms in total. The Labute approximate surface area is 94.5 Å². The number of carbonyl (C=O) groups is 2. The third-order valence-corrected chi connectivity index (χ3v) is 2.52. The topological polar surface area (TPSA) is 57.6 Å². The van der Waals surface area contributed by atoms with Crippen LogP contribution in [-0.2, 0) is 9.59 Å². The molecule has 0 aliphatic carbocycles. The molecule has 1 rings (SSSR count). The first-order valence-corrected chi connectivity index (χ1v) is 5.05. The van der Waals surface area contributed by atoms with E-state index in [1.54, 1.807) is 0 Å². The number of rotatable bonds is 5. The molecule has 0 atom stereocenters. The van der Waals surface area contributed by atoms with Crippen molar-refractivity contribution in [1.82, 2.24) is 0 Å². The predicted octanol–water partition coefficient (Wildman–Crippen LogP) is 1.74. The van der Waals surface area contributed by atoms with Gasteiger partial charge in [0.1, 0.15) is 0 Å². The SMILES string of the molecule is Cc1ccc(N(C=O)CCC(=O)O)cc1C. The molecule has 4 heteroatoms. The molecular formula is C12H15NO3. The van der Waals surface area contributed by atoms with E-state index >= 15 is 0 Å². The Morgan fingerprint density at radius 3 is 2.56 bits per heavy atom. The summed E-state index contributed by atoms with van der Waals surface area (Å²) in [6.07, 6.45) is 0.610. The number of benzene rings is 1. The molecule has 0 saturated heterocycles. The van der Waals surface area contributed by atoms with Gasteiger partial charge in [-0.3, -0.25) is 9.59 Å². The number of carboxylic acids is 1. The van der Waals surface area contributed by atoms with Crippen LogP contribution >= 0.6 is 0 Å². The Morgan fingerprint density at radius 2 is 2.06 bits per heavy atom. The number of carboxylic acid groups (broad SMARTS) is 1. The van der Waals surface area contributed by atoms with Gasteiger partial charge in [0.05, 0.1) is 6.42 Å². The minimum absolute atomic E-state index is 0.0499. The van der Waals surface area contributed by atoms with E-state index in [4.69, 9.17) is 5.11 Å². The summed E-state index contributed by atoms with van der Waals surface area (Å²) >= 11 is 0. The molecule has 0 unspecified atom stereocenters. The molecule has 0 aliphatic rings. The third-order valence-electron chi connectivity index (χ3n) is 2.52. The average Bonchev–Trinajstić information content (AvgIpc) is 2.23. The molecule has 16 heavy (non-hydrogen) atoms. The Kier molecular flexibility index (Phi) is 4.05. The number of hydrogen-bond donors (Lipinski definition) is 1. The number of aryl methyl sites for hydroxylation is 2. The molecule has 1 N–H and O–H groups in total. The summed E-state index contributed by atoms with van der Waals surface area (Å²) in [4.78, 5) is 22.7. The number of nitrogens with zero attached hydrogens (tertiary/aromatic N) is 1. The second-order valence-corrected chi connectivity index (χ2v) is 3.71. The van der Waals surface area contributed by atoms with Crippen molar-refractivity contribution in [2.45, 2.75) is 20.3 Å². The van der Waals surface area contributed by atoms with Gasteiger partial charge >= 0.3 is 5.97 Å². The van der Waals surface area contributed by atoms with Crippen LogP contribution in [0, 0.1) is 13.8 Å². The second-order valence-electron chi connectivity index (χ2n) is 3.71. The maximum Gasteiger partial charge on any atom is 0.305 e. The van der Waals surface area contributed by atoms with Gasteiger partial charge in [0.2, 0.25) is 6.41 Å². The van der Waals surface area contributed by atoms with Crippen molar-refractivity contribution < 1.29 is 14.7 Å². The molecule has 0 bridgehead atoms. The van der Waals surface area contributed by atoms with Crippen LogP contribution in [0.25, 0.3) is 0 Å². The lowest BCUT2D eigenvalue weighted by atomic mass is 10.1. The Bertz CT molecular complexity index is 401. The van der Waals surface area contributed by atoms with Crippen LogP contribution in [0.3, 0.4) is 0 Å². The summed E-state index contributed by atoms with van der Waals surface area (Å²) in [6, 6.07) is 5.62. The maximum absolute atomic E-state index is 10.8. The summed E-state index contributed by atoms with van der Waals surface area (Å²) in [5.74, 6) is -0.907. The van der Waals surface area contributed by atoms with Crippen molar-refractivity contribution in [3.63, 3.8) is 0 Å². The fourth-order valence-electron chi connectivity index (χ4n) is 1.36. The van der Waals surface area contributed by atoms with E-state index in [1.807, 2.05) is 32.0 Å². The quantitative estimate of drug-likeness (QED) is 0.770. The predicted molar refractivity (Wildman–Crippen MR) is 61.6 cm³/mol. The third kappa shape index (κ3) is 3.08. The normalized spacial score (nSPS) is 9.88. The highest BCUT2D eigenvalue weighted by atomic mass is 16.4. The van der Waals surface area contributed by atoms with Gasteiger partial charge in [-0.1, -0.05) is 6.07 Å². The number of anilines is 1. The standard InChI is InChI=1S/C12H15NO3/c1-9-3-4-11(7-10(9)2)13(8-14)6-5-12(15)16/h3-4,7-8H,5-6H2,1-2H3,(H,15,16). The first-order chi connectivity index (χ1) is 7.54. The molecule has 0 radical (unpaired) electrons. The largest absolute Gasteiger partial charge is 0.481 e. The molecular weight excluding hydrogens is 206 g/mol. The zero-order valence-corrected chi connectivity index (χ0v) is 9.43. The zero-order chi connectivity index (χ0) is 12.1. The van der Waals surface area contributed by atoms with Crippen molar-refractivity contribution in [2.75, 3.05) is 11.4 Å². The smallest absolute Gasteiger partial charge is 0.305 e. The van der Waals surface area contributed by atoms with E-state index in [0.717, 1.165) is 16.8 Å². The van der Waals surface area contributed by atoms with Crippen LogP contribution in [0.4, 0.5) is 5.69 Å². The van der Waals surface area contributed by atoms with E-state index in [0.29, 0.717) is 6.41 Å². The van der Waals surface area contributed by atoms with Gasteiger partial charge in [-0.05, 0) is 37.1 Å². The molecule has 86 valence electrons.